The summed E-state index contributed by atoms with van der Waals surface area (Å²) < 4.78 is 58.8. The number of hydrogen-bond donors (Lipinski definition) is 1. The maximum atomic E-state index is 14.6. The molecule has 0 fully saturated rings. The first kappa shape index (κ1) is 26.6. The molecule has 8 nitrogen and oxygen atoms in total. The van der Waals surface area contributed by atoms with Crippen LogP contribution in [0.3, 0.4) is 0 Å². The van der Waals surface area contributed by atoms with Crippen LogP contribution >= 0.6 is 23.4 Å². The van der Waals surface area contributed by atoms with Gasteiger partial charge in [-0.15, -0.1) is 11.8 Å². The van der Waals surface area contributed by atoms with E-state index in [1.54, 1.807) is 0 Å². The number of ketones is 1. The molecule has 0 amide bonds. The normalized spacial score (nSPS) is 13.5. The van der Waals surface area contributed by atoms with Crippen molar-refractivity contribution < 1.29 is 31.9 Å². The van der Waals surface area contributed by atoms with Crippen molar-refractivity contribution >= 4 is 35.1 Å². The molecule has 0 aliphatic heterocycles. The predicted octanol–water partition coefficient (Wildman–Crippen LogP) is 2.29. The Labute approximate surface area is 193 Å². The molecule has 1 aromatic heterocycles. The number of Topliss-reactive ketones (excluding diaryl/α,β-unsaturated/α-hetero) is 1. The molecular formula is C19H18ClF4N3O5S. The molecule has 0 saturated heterocycles. The highest BCUT2D eigenvalue weighted by atomic mass is 35.5. The van der Waals surface area contributed by atoms with Crippen molar-refractivity contribution in [3.63, 3.8) is 0 Å². The average molecular weight is 512 g/mol. The Morgan fingerprint density at radius 3 is 2.39 bits per heavy atom. The van der Waals surface area contributed by atoms with Crippen molar-refractivity contribution in [3.05, 3.63) is 55.6 Å². The summed E-state index contributed by atoms with van der Waals surface area (Å²) in [5.74, 6) is -2.84. The number of carbonyl (C=O) groups is 2. The number of nitrogens with two attached hydrogens (primary N) is 1. The van der Waals surface area contributed by atoms with E-state index in [-0.39, 0.29) is 31.7 Å². The Balaban J connectivity index is 2.52. The van der Waals surface area contributed by atoms with Gasteiger partial charge < -0.3 is 10.5 Å². The fourth-order valence-corrected chi connectivity index (χ4v) is 4.03. The van der Waals surface area contributed by atoms with Gasteiger partial charge in [0.05, 0.1) is 22.6 Å². The van der Waals surface area contributed by atoms with Crippen LogP contribution in [-0.4, -0.2) is 38.8 Å². The van der Waals surface area contributed by atoms with Gasteiger partial charge in [0, 0.05) is 18.0 Å². The van der Waals surface area contributed by atoms with E-state index in [2.05, 4.69) is 4.74 Å². The van der Waals surface area contributed by atoms with E-state index in [4.69, 9.17) is 17.3 Å². The van der Waals surface area contributed by atoms with E-state index < -0.39 is 57.7 Å². The maximum absolute atomic E-state index is 14.6. The van der Waals surface area contributed by atoms with Crippen molar-refractivity contribution in [3.8, 4) is 5.69 Å². The smallest absolute Gasteiger partial charge is 0.431 e. The van der Waals surface area contributed by atoms with E-state index >= 15 is 0 Å². The standard InChI is InChI=1S/C19H18ClF4N3O5S/c1-4-32-17(30)15(25)16(29)8(2)33-12-6-11(10(21)5-9(12)20)27-14(28)7-13(19(22,23)24)26(3)18(27)31/h5-8,15H,4,25H2,1-3H3. The van der Waals surface area contributed by atoms with Crippen LogP contribution in [0.2, 0.25) is 5.02 Å². The summed E-state index contributed by atoms with van der Waals surface area (Å²) in [7, 11) is 0.780. The van der Waals surface area contributed by atoms with E-state index in [1.807, 2.05) is 0 Å². The highest BCUT2D eigenvalue weighted by molar-refractivity contribution is 8.00. The molecular weight excluding hydrogens is 494 g/mol. The molecule has 0 spiro atoms. The summed E-state index contributed by atoms with van der Waals surface area (Å²) in [5.41, 5.74) is 0.534. The topological polar surface area (TPSA) is 113 Å². The molecule has 0 radical (unpaired) electrons. The number of rotatable bonds is 7. The summed E-state index contributed by atoms with van der Waals surface area (Å²) in [5, 5.41) is -1.20. The lowest BCUT2D eigenvalue weighted by molar-refractivity contribution is -0.147. The number of aromatic nitrogens is 2. The molecule has 2 rings (SSSR count). The number of thioether (sulfide) groups is 1. The number of benzene rings is 1. The monoisotopic (exact) mass is 511 g/mol. The second kappa shape index (κ2) is 10.1. The zero-order valence-electron chi connectivity index (χ0n) is 17.4. The lowest BCUT2D eigenvalue weighted by atomic mass is 10.1. The highest BCUT2D eigenvalue weighted by Crippen LogP contribution is 2.34. The number of ether oxygens (including phenoxy) is 1. The summed E-state index contributed by atoms with van der Waals surface area (Å²) in [6.45, 7) is 2.92. The van der Waals surface area contributed by atoms with Crippen LogP contribution in [0.1, 0.15) is 19.5 Å². The van der Waals surface area contributed by atoms with Gasteiger partial charge in [-0.1, -0.05) is 11.6 Å². The zero-order valence-corrected chi connectivity index (χ0v) is 19.0. The lowest BCUT2D eigenvalue weighted by Gasteiger charge is -2.17. The Hall–Kier alpha value is -2.64. The van der Waals surface area contributed by atoms with Gasteiger partial charge in [-0.05, 0) is 26.0 Å². The van der Waals surface area contributed by atoms with Crippen LogP contribution in [0.25, 0.3) is 5.69 Å². The van der Waals surface area contributed by atoms with E-state index in [1.165, 1.54) is 13.8 Å². The first-order valence-corrected chi connectivity index (χ1v) is 10.5. The Bertz CT molecular complexity index is 1210. The number of carbonyl (C=O) groups excluding carboxylic acids is 2. The van der Waals surface area contributed by atoms with Gasteiger partial charge >= 0.3 is 17.8 Å². The summed E-state index contributed by atoms with van der Waals surface area (Å²) in [6.07, 6.45) is -4.99. The minimum Gasteiger partial charge on any atom is -0.464 e. The molecule has 14 heteroatoms. The number of esters is 1. The molecule has 0 aliphatic carbocycles. The first-order valence-electron chi connectivity index (χ1n) is 9.23. The van der Waals surface area contributed by atoms with Crippen molar-refractivity contribution in [2.24, 2.45) is 12.8 Å². The van der Waals surface area contributed by atoms with Crippen LogP contribution in [0.5, 0.6) is 0 Å². The van der Waals surface area contributed by atoms with Gasteiger partial charge in [0.1, 0.15) is 11.5 Å². The van der Waals surface area contributed by atoms with Crippen molar-refractivity contribution in [2.45, 2.75) is 36.2 Å². The van der Waals surface area contributed by atoms with Crippen molar-refractivity contribution in [2.75, 3.05) is 6.61 Å². The van der Waals surface area contributed by atoms with Crippen LogP contribution in [0.15, 0.2) is 32.7 Å². The van der Waals surface area contributed by atoms with E-state index in [0.717, 1.165) is 30.9 Å². The number of alkyl halides is 3. The zero-order chi connectivity index (χ0) is 25.2. The van der Waals surface area contributed by atoms with Crippen LogP contribution in [-0.2, 0) is 27.5 Å². The third-order valence-corrected chi connectivity index (χ3v) is 6.01. The predicted molar refractivity (Wildman–Crippen MR) is 112 cm³/mol. The van der Waals surface area contributed by atoms with E-state index in [9.17, 15) is 36.7 Å². The molecule has 1 aromatic carbocycles. The van der Waals surface area contributed by atoms with Crippen LogP contribution in [0.4, 0.5) is 17.6 Å². The highest BCUT2D eigenvalue weighted by Gasteiger charge is 2.35. The van der Waals surface area contributed by atoms with Crippen molar-refractivity contribution in [1.82, 2.24) is 9.13 Å². The van der Waals surface area contributed by atoms with Gasteiger partial charge in [-0.3, -0.25) is 14.2 Å². The number of halogens is 5. The fraction of sp³-hybridized carbons (Fsp3) is 0.368. The molecule has 2 aromatic rings. The average Bonchev–Trinajstić information content (AvgIpc) is 2.71. The third kappa shape index (κ3) is 5.65. The fourth-order valence-electron chi connectivity index (χ4n) is 2.75. The third-order valence-electron chi connectivity index (χ3n) is 4.40. The Kier molecular flexibility index (Phi) is 8.14. The molecule has 180 valence electrons. The minimum atomic E-state index is -4.99. The van der Waals surface area contributed by atoms with Gasteiger partial charge in [0.2, 0.25) is 0 Å². The van der Waals surface area contributed by atoms with Gasteiger partial charge in [-0.2, -0.15) is 13.2 Å². The Morgan fingerprint density at radius 1 is 1.24 bits per heavy atom. The summed E-state index contributed by atoms with van der Waals surface area (Å²) in [4.78, 5) is 48.8. The van der Waals surface area contributed by atoms with Crippen LogP contribution in [0, 0.1) is 5.82 Å². The van der Waals surface area contributed by atoms with Crippen molar-refractivity contribution in [1.29, 1.82) is 0 Å². The molecule has 0 bridgehead atoms. The quantitative estimate of drug-likeness (QED) is 0.262. The molecule has 1 heterocycles. The maximum Gasteiger partial charge on any atom is 0.431 e. The molecule has 2 N–H and O–H groups in total. The minimum absolute atomic E-state index is 0.00528. The summed E-state index contributed by atoms with van der Waals surface area (Å²) in [6, 6.07) is 0.256. The first-order chi connectivity index (χ1) is 15.2. The van der Waals surface area contributed by atoms with E-state index in [0.29, 0.717) is 0 Å². The van der Waals surface area contributed by atoms with Gasteiger partial charge in [-0.25, -0.2) is 18.5 Å². The SMILES string of the molecule is CCOC(=O)C(N)C(=O)C(C)Sc1cc(-n2c(=O)cc(C(F)(F)F)n(C)c2=O)c(F)cc1Cl. The Morgan fingerprint density at radius 2 is 1.85 bits per heavy atom. The lowest BCUT2D eigenvalue weighted by Crippen LogP contribution is -2.43. The largest absolute Gasteiger partial charge is 0.464 e. The van der Waals surface area contributed by atoms with Gasteiger partial charge in [0.15, 0.2) is 11.8 Å². The second-order valence-electron chi connectivity index (χ2n) is 6.67. The molecule has 2 atom stereocenters. The molecule has 0 aliphatic rings. The second-order valence-corrected chi connectivity index (χ2v) is 8.46. The van der Waals surface area contributed by atoms with Crippen LogP contribution < -0.4 is 17.0 Å². The molecule has 2 unspecified atom stereocenters. The van der Waals surface area contributed by atoms with Gasteiger partial charge in [0.25, 0.3) is 5.56 Å². The summed E-state index contributed by atoms with van der Waals surface area (Å²) >= 11 is 6.75. The number of hydrogen-bond acceptors (Lipinski definition) is 7. The number of nitrogens with zero attached hydrogens (tertiary/aromatic N) is 2. The molecule has 33 heavy (non-hydrogen) atoms. The molecule has 0 saturated carbocycles.